The van der Waals surface area contributed by atoms with Gasteiger partial charge < -0.3 is 5.32 Å². The van der Waals surface area contributed by atoms with E-state index in [1.54, 1.807) is 49.8 Å². The number of hydrogen-bond donors (Lipinski definition) is 1. The van der Waals surface area contributed by atoms with E-state index in [1.165, 1.54) is 27.7 Å². The third-order valence-corrected chi connectivity index (χ3v) is 5.52. The fraction of sp³-hybridized carbons (Fsp3) is 0.125. The summed E-state index contributed by atoms with van der Waals surface area (Å²) < 4.78 is 15.0. The van der Waals surface area contributed by atoms with Crippen molar-refractivity contribution in [2.24, 2.45) is 0 Å². The third-order valence-electron chi connectivity index (χ3n) is 5.23. The second-order valence-corrected chi connectivity index (χ2v) is 7.70. The van der Waals surface area contributed by atoms with E-state index >= 15 is 0 Å². The second kappa shape index (κ2) is 9.20. The molecule has 0 fully saturated rings. The molecule has 2 aromatic carbocycles. The lowest BCUT2D eigenvalue weighted by molar-refractivity contribution is 0.160. The van der Waals surface area contributed by atoms with Crippen molar-refractivity contribution >= 4 is 34.1 Å². The number of fused-ring (bicyclic) bond motifs is 1. The average Bonchev–Trinajstić information content (AvgIpc) is 2.80. The Morgan fingerprint density at radius 1 is 1.16 bits per heavy atom. The fourth-order valence-corrected chi connectivity index (χ4v) is 3.66. The van der Waals surface area contributed by atoms with Crippen molar-refractivity contribution in [3.63, 3.8) is 0 Å². The second-order valence-electron chi connectivity index (χ2n) is 7.29. The maximum Gasteiger partial charge on any atom is 0.323 e. The zero-order chi connectivity index (χ0) is 22.7. The fourth-order valence-electron chi connectivity index (χ4n) is 3.48. The molecule has 8 heteroatoms. The molecule has 2 heterocycles. The molecule has 2 amide bonds. The molecule has 162 valence electrons. The van der Waals surface area contributed by atoms with Gasteiger partial charge in [-0.1, -0.05) is 29.8 Å². The van der Waals surface area contributed by atoms with Crippen LogP contribution in [0.2, 0.25) is 5.02 Å². The molecular weight excluding hydrogens is 431 g/mol. The molecule has 6 nitrogen and oxygen atoms in total. The number of anilines is 1. The molecule has 0 bridgehead atoms. The van der Waals surface area contributed by atoms with E-state index in [0.717, 1.165) is 10.9 Å². The van der Waals surface area contributed by atoms with Gasteiger partial charge in [0, 0.05) is 36.2 Å². The van der Waals surface area contributed by atoms with E-state index in [0.29, 0.717) is 11.1 Å². The van der Waals surface area contributed by atoms with E-state index < -0.39 is 18.0 Å². The summed E-state index contributed by atoms with van der Waals surface area (Å²) in [5.74, 6) is -0.575. The van der Waals surface area contributed by atoms with Crippen molar-refractivity contribution < 1.29 is 9.18 Å². The Bertz CT molecular complexity index is 1330. The number of nitrogens with one attached hydrogen (secondary N) is 1. The van der Waals surface area contributed by atoms with Gasteiger partial charge >= 0.3 is 6.03 Å². The van der Waals surface area contributed by atoms with E-state index in [-0.39, 0.29) is 17.1 Å². The summed E-state index contributed by atoms with van der Waals surface area (Å²) in [6, 6.07) is 16.2. The number of aromatic nitrogens is 2. The minimum absolute atomic E-state index is 0.0951. The maximum atomic E-state index is 13.5. The van der Waals surface area contributed by atoms with Crippen LogP contribution in [-0.2, 0) is 6.54 Å². The van der Waals surface area contributed by atoms with Crippen LogP contribution in [0, 0.1) is 5.82 Å². The van der Waals surface area contributed by atoms with Crippen molar-refractivity contribution in [2.45, 2.75) is 19.6 Å². The predicted molar refractivity (Wildman–Crippen MR) is 123 cm³/mol. The van der Waals surface area contributed by atoms with Gasteiger partial charge in [0.1, 0.15) is 12.0 Å². The number of carbonyl (C=O) groups is 1. The van der Waals surface area contributed by atoms with Crippen molar-refractivity contribution in [3.8, 4) is 0 Å². The number of pyridine rings is 2. The number of amides is 2. The topological polar surface area (TPSA) is 67.2 Å². The summed E-state index contributed by atoms with van der Waals surface area (Å²) in [4.78, 5) is 31.9. The number of rotatable bonds is 5. The van der Waals surface area contributed by atoms with Gasteiger partial charge in [-0.3, -0.25) is 19.2 Å². The zero-order valence-electron chi connectivity index (χ0n) is 17.2. The summed E-state index contributed by atoms with van der Waals surface area (Å²) in [6.07, 6.45) is 4.34. The van der Waals surface area contributed by atoms with Gasteiger partial charge in [0.2, 0.25) is 0 Å². The Morgan fingerprint density at radius 2 is 1.91 bits per heavy atom. The first-order valence-electron chi connectivity index (χ1n) is 9.95. The number of nitrogens with zero attached hydrogens (tertiary/aromatic N) is 3. The normalized spacial score (nSPS) is 11.8. The van der Waals surface area contributed by atoms with Gasteiger partial charge in [-0.05, 0) is 60.3 Å². The Morgan fingerprint density at radius 3 is 2.66 bits per heavy atom. The molecule has 0 unspecified atom stereocenters. The number of hydrogen-bond acceptors (Lipinski definition) is 3. The van der Waals surface area contributed by atoms with Crippen molar-refractivity contribution in [3.05, 3.63) is 106 Å². The van der Waals surface area contributed by atoms with Gasteiger partial charge in [-0.2, -0.15) is 0 Å². The first-order valence-corrected chi connectivity index (χ1v) is 10.3. The standard InChI is InChI=1S/C24H20ClFN4O2/c1-16(29-13-10-18-4-2-3-5-20(18)23(29)31)30(15-17-8-11-27-12-9-17)24(32)28-19-6-7-22(26)21(25)14-19/h2-14,16H,15H2,1H3,(H,28,32)/t16-/m0/s1. The molecule has 4 rings (SSSR count). The van der Waals surface area contributed by atoms with Crippen LogP contribution in [0.1, 0.15) is 18.7 Å². The Kier molecular flexibility index (Phi) is 6.18. The van der Waals surface area contributed by atoms with Crippen LogP contribution in [-0.4, -0.2) is 20.5 Å². The lowest BCUT2D eigenvalue weighted by Gasteiger charge is -2.31. The van der Waals surface area contributed by atoms with Gasteiger partial charge in [0.25, 0.3) is 5.56 Å². The molecule has 0 aliphatic carbocycles. The molecule has 0 radical (unpaired) electrons. The first kappa shape index (κ1) is 21.5. The highest BCUT2D eigenvalue weighted by Gasteiger charge is 2.23. The molecule has 0 saturated heterocycles. The molecule has 0 spiro atoms. The van der Waals surface area contributed by atoms with Gasteiger partial charge in [0.05, 0.1) is 5.02 Å². The average molecular weight is 451 g/mol. The van der Waals surface area contributed by atoms with Gasteiger partial charge in [-0.25, -0.2) is 9.18 Å². The van der Waals surface area contributed by atoms with E-state index in [2.05, 4.69) is 10.3 Å². The summed E-state index contributed by atoms with van der Waals surface area (Å²) in [5, 5.41) is 4.04. The number of urea groups is 1. The molecule has 1 atom stereocenters. The van der Waals surface area contributed by atoms with E-state index in [9.17, 15) is 14.0 Å². The highest BCUT2D eigenvalue weighted by molar-refractivity contribution is 6.31. The molecule has 0 aliphatic heterocycles. The van der Waals surface area contributed by atoms with Crippen LogP contribution in [0.5, 0.6) is 0 Å². The summed E-state index contributed by atoms with van der Waals surface area (Å²) in [5.41, 5.74) is 0.986. The van der Waals surface area contributed by atoms with Gasteiger partial charge in [0.15, 0.2) is 0 Å². The quantitative estimate of drug-likeness (QED) is 0.440. The summed E-state index contributed by atoms with van der Waals surface area (Å²) in [7, 11) is 0. The number of carbonyl (C=O) groups excluding carboxylic acids is 1. The van der Waals surface area contributed by atoms with Crippen molar-refractivity contribution in [1.82, 2.24) is 14.5 Å². The van der Waals surface area contributed by atoms with Gasteiger partial charge in [-0.15, -0.1) is 0 Å². The first-order chi connectivity index (χ1) is 15.4. The lowest BCUT2D eigenvalue weighted by Crippen LogP contribution is -2.42. The monoisotopic (exact) mass is 450 g/mol. The SMILES string of the molecule is C[C@H](N(Cc1ccncc1)C(=O)Nc1ccc(F)c(Cl)c1)n1ccc2ccccc2c1=O. The summed E-state index contributed by atoms with van der Waals surface area (Å²) >= 11 is 5.85. The predicted octanol–water partition coefficient (Wildman–Crippen LogP) is 5.44. The Balaban J connectivity index is 1.70. The molecule has 4 aromatic rings. The number of benzene rings is 2. The maximum absolute atomic E-state index is 13.5. The van der Waals surface area contributed by atoms with E-state index in [1.807, 2.05) is 18.2 Å². The van der Waals surface area contributed by atoms with Crippen molar-refractivity contribution in [1.29, 1.82) is 0 Å². The van der Waals surface area contributed by atoms with Crippen LogP contribution < -0.4 is 10.9 Å². The van der Waals surface area contributed by atoms with Crippen LogP contribution in [0.4, 0.5) is 14.9 Å². The Hall–Kier alpha value is -3.71. The zero-order valence-corrected chi connectivity index (χ0v) is 18.0. The minimum atomic E-state index is -0.615. The van der Waals surface area contributed by atoms with E-state index in [4.69, 9.17) is 11.6 Å². The molecule has 2 aromatic heterocycles. The smallest absolute Gasteiger partial charge is 0.308 e. The molecule has 0 saturated carbocycles. The largest absolute Gasteiger partial charge is 0.323 e. The highest BCUT2D eigenvalue weighted by atomic mass is 35.5. The minimum Gasteiger partial charge on any atom is -0.308 e. The third kappa shape index (κ3) is 4.48. The lowest BCUT2D eigenvalue weighted by atomic mass is 10.2. The van der Waals surface area contributed by atoms with Crippen LogP contribution >= 0.6 is 11.6 Å². The Labute approximate surface area is 188 Å². The van der Waals surface area contributed by atoms with Crippen LogP contribution in [0.25, 0.3) is 10.8 Å². The number of halogens is 2. The van der Waals surface area contributed by atoms with Crippen molar-refractivity contribution in [2.75, 3.05) is 5.32 Å². The molecule has 0 aliphatic rings. The summed E-state index contributed by atoms with van der Waals surface area (Å²) in [6.45, 7) is 2.00. The highest BCUT2D eigenvalue weighted by Crippen LogP contribution is 2.22. The van der Waals surface area contributed by atoms with Crippen LogP contribution in [0.3, 0.4) is 0 Å². The molecule has 32 heavy (non-hydrogen) atoms. The molecule has 1 N–H and O–H groups in total. The van der Waals surface area contributed by atoms with Crippen LogP contribution in [0.15, 0.2) is 84.0 Å². The molecular formula is C24H20ClFN4O2.